The first-order valence-corrected chi connectivity index (χ1v) is 9.37. The molecule has 0 spiro atoms. The molecule has 1 atom stereocenters. The molecule has 0 radical (unpaired) electrons. The molecule has 2 N–H and O–H groups in total. The monoisotopic (exact) mass is 294 g/mol. The molecule has 1 heterocycles. The van der Waals surface area contributed by atoms with Crippen molar-refractivity contribution in [2.75, 3.05) is 6.54 Å². The summed E-state index contributed by atoms with van der Waals surface area (Å²) in [7, 11) is 0. The van der Waals surface area contributed by atoms with Crippen molar-refractivity contribution < 1.29 is 0 Å². The molecule has 0 aliphatic carbocycles. The average molecular weight is 295 g/mol. The van der Waals surface area contributed by atoms with Gasteiger partial charge in [-0.1, -0.05) is 71.6 Å². The summed E-state index contributed by atoms with van der Waals surface area (Å²) in [6.07, 6.45) is 18.2. The molecule has 21 heavy (non-hydrogen) atoms. The van der Waals surface area contributed by atoms with Gasteiger partial charge < -0.3 is 10.6 Å². The molecular weight excluding hydrogens is 256 g/mol. The summed E-state index contributed by atoms with van der Waals surface area (Å²) < 4.78 is 0. The molecule has 1 unspecified atom stereocenters. The Morgan fingerprint density at radius 1 is 0.952 bits per heavy atom. The molecular formula is C19H38N2. The molecule has 1 aliphatic rings. The Hall–Kier alpha value is -0.660. The molecule has 1 rings (SSSR count). The minimum absolute atomic E-state index is 0.289. The van der Waals surface area contributed by atoms with Crippen LogP contribution < -0.4 is 5.73 Å². The zero-order valence-electron chi connectivity index (χ0n) is 14.8. The van der Waals surface area contributed by atoms with E-state index >= 15 is 0 Å². The van der Waals surface area contributed by atoms with Crippen molar-refractivity contribution in [3.63, 3.8) is 0 Å². The molecule has 0 amide bonds. The molecule has 0 aromatic carbocycles. The van der Waals surface area contributed by atoms with E-state index in [9.17, 15) is 0 Å². The number of hydrogen-bond acceptors (Lipinski definition) is 2. The Morgan fingerprint density at radius 3 is 1.95 bits per heavy atom. The highest BCUT2D eigenvalue weighted by Gasteiger charge is 2.32. The predicted molar refractivity (Wildman–Crippen MR) is 94.1 cm³/mol. The maximum absolute atomic E-state index is 6.23. The summed E-state index contributed by atoms with van der Waals surface area (Å²) in [6.45, 7) is 8.15. The molecule has 2 heteroatoms. The van der Waals surface area contributed by atoms with Crippen LogP contribution in [-0.4, -0.2) is 17.0 Å². The third-order valence-electron chi connectivity index (χ3n) is 5.06. The first kappa shape index (κ1) is 18.4. The van der Waals surface area contributed by atoms with Crippen molar-refractivity contribution in [1.29, 1.82) is 0 Å². The second-order valence-electron chi connectivity index (χ2n) is 7.04. The lowest BCUT2D eigenvalue weighted by molar-refractivity contribution is 0.128. The van der Waals surface area contributed by atoms with E-state index < -0.39 is 0 Å². The van der Waals surface area contributed by atoms with Crippen molar-refractivity contribution >= 4 is 0 Å². The lowest BCUT2D eigenvalue weighted by Crippen LogP contribution is -2.46. The normalized spacial score (nSPS) is 17.9. The highest BCUT2D eigenvalue weighted by Crippen LogP contribution is 2.33. The van der Waals surface area contributed by atoms with E-state index in [2.05, 4.69) is 31.7 Å². The van der Waals surface area contributed by atoms with Crippen molar-refractivity contribution in [1.82, 2.24) is 4.90 Å². The van der Waals surface area contributed by atoms with Crippen LogP contribution in [0.3, 0.4) is 0 Å². The molecule has 0 saturated heterocycles. The highest BCUT2D eigenvalue weighted by atomic mass is 15.3. The minimum atomic E-state index is 0.289. The van der Waals surface area contributed by atoms with Crippen molar-refractivity contribution in [2.45, 2.75) is 103 Å². The van der Waals surface area contributed by atoms with Crippen molar-refractivity contribution in [3.8, 4) is 0 Å². The summed E-state index contributed by atoms with van der Waals surface area (Å²) in [5, 5.41) is 0. The van der Waals surface area contributed by atoms with E-state index in [1.165, 1.54) is 70.6 Å². The summed E-state index contributed by atoms with van der Waals surface area (Å²) in [5.41, 5.74) is 6.52. The van der Waals surface area contributed by atoms with E-state index in [1.54, 1.807) is 0 Å². The SMILES string of the molecule is CCCCCCCC(C)(CCCCCC)N1CCC=C1N. The Labute approximate surface area is 133 Å². The molecule has 0 fully saturated rings. The lowest BCUT2D eigenvalue weighted by Gasteiger charge is -2.41. The van der Waals surface area contributed by atoms with Gasteiger partial charge in [-0.3, -0.25) is 0 Å². The average Bonchev–Trinajstić information content (AvgIpc) is 2.90. The number of unbranched alkanes of at least 4 members (excludes halogenated alkanes) is 7. The molecule has 0 aromatic heterocycles. The fourth-order valence-corrected chi connectivity index (χ4v) is 3.60. The number of nitrogens with two attached hydrogens (primary N) is 1. The van der Waals surface area contributed by atoms with Crippen LogP contribution in [0.15, 0.2) is 11.9 Å². The summed E-state index contributed by atoms with van der Waals surface area (Å²) in [4.78, 5) is 2.50. The van der Waals surface area contributed by atoms with E-state index in [-0.39, 0.29) is 5.54 Å². The van der Waals surface area contributed by atoms with Crippen LogP contribution in [0, 0.1) is 0 Å². The van der Waals surface area contributed by atoms with Crippen LogP contribution in [0.25, 0.3) is 0 Å². The maximum Gasteiger partial charge on any atom is 0.0950 e. The van der Waals surface area contributed by atoms with Crippen LogP contribution in [0.4, 0.5) is 0 Å². The fourth-order valence-electron chi connectivity index (χ4n) is 3.60. The van der Waals surface area contributed by atoms with Crippen LogP contribution in [0.5, 0.6) is 0 Å². The Balaban J connectivity index is 2.46. The number of rotatable bonds is 12. The van der Waals surface area contributed by atoms with Gasteiger partial charge in [-0.25, -0.2) is 0 Å². The third-order valence-corrected chi connectivity index (χ3v) is 5.06. The van der Waals surface area contributed by atoms with Gasteiger partial charge in [0.25, 0.3) is 0 Å². The Bertz CT molecular complexity index is 298. The van der Waals surface area contributed by atoms with Gasteiger partial charge in [0, 0.05) is 12.1 Å². The zero-order valence-corrected chi connectivity index (χ0v) is 14.8. The van der Waals surface area contributed by atoms with Crippen molar-refractivity contribution in [3.05, 3.63) is 11.9 Å². The van der Waals surface area contributed by atoms with Gasteiger partial charge in [-0.15, -0.1) is 0 Å². The minimum Gasteiger partial charge on any atom is -0.386 e. The van der Waals surface area contributed by atoms with Crippen LogP contribution >= 0.6 is 0 Å². The molecule has 1 aliphatic heterocycles. The second kappa shape index (κ2) is 10.1. The molecule has 0 bridgehead atoms. The summed E-state index contributed by atoms with van der Waals surface area (Å²) in [6, 6.07) is 0. The number of hydrogen-bond donors (Lipinski definition) is 1. The van der Waals surface area contributed by atoms with Crippen LogP contribution in [-0.2, 0) is 0 Å². The first-order chi connectivity index (χ1) is 10.1. The van der Waals surface area contributed by atoms with E-state index in [1.807, 2.05) is 0 Å². The van der Waals surface area contributed by atoms with Gasteiger partial charge in [-0.2, -0.15) is 0 Å². The van der Waals surface area contributed by atoms with E-state index in [0.717, 1.165) is 18.8 Å². The molecule has 124 valence electrons. The van der Waals surface area contributed by atoms with Gasteiger partial charge in [0.05, 0.1) is 5.82 Å². The second-order valence-corrected chi connectivity index (χ2v) is 7.04. The standard InChI is InChI=1S/C19H38N2/c1-4-6-8-10-12-16-19(3,15-11-9-7-5-2)21-17-13-14-18(21)20/h14H,4-13,15-17,20H2,1-3H3. The maximum atomic E-state index is 6.23. The fraction of sp³-hybridized carbons (Fsp3) is 0.895. The van der Waals surface area contributed by atoms with Crippen LogP contribution in [0.2, 0.25) is 0 Å². The van der Waals surface area contributed by atoms with Gasteiger partial charge in [-0.05, 0) is 32.3 Å². The smallest absolute Gasteiger partial charge is 0.0950 e. The van der Waals surface area contributed by atoms with E-state index in [0.29, 0.717) is 0 Å². The van der Waals surface area contributed by atoms with Gasteiger partial charge in [0.2, 0.25) is 0 Å². The molecule has 0 saturated carbocycles. The lowest BCUT2D eigenvalue weighted by atomic mass is 9.86. The molecule has 0 aromatic rings. The first-order valence-electron chi connectivity index (χ1n) is 9.37. The highest BCUT2D eigenvalue weighted by molar-refractivity contribution is 5.08. The van der Waals surface area contributed by atoms with E-state index in [4.69, 9.17) is 5.73 Å². The Kier molecular flexibility index (Phi) is 8.87. The van der Waals surface area contributed by atoms with Crippen LogP contribution in [0.1, 0.15) is 97.8 Å². The molecule has 2 nitrogen and oxygen atoms in total. The predicted octanol–water partition coefficient (Wildman–Crippen LogP) is 5.58. The Morgan fingerprint density at radius 2 is 1.48 bits per heavy atom. The zero-order chi connectivity index (χ0) is 15.6. The quantitative estimate of drug-likeness (QED) is 0.476. The van der Waals surface area contributed by atoms with Crippen molar-refractivity contribution in [2.24, 2.45) is 5.73 Å². The number of nitrogens with zero attached hydrogens (tertiary/aromatic N) is 1. The summed E-state index contributed by atoms with van der Waals surface area (Å²) >= 11 is 0. The van der Waals surface area contributed by atoms with Gasteiger partial charge >= 0.3 is 0 Å². The topological polar surface area (TPSA) is 29.3 Å². The van der Waals surface area contributed by atoms with Gasteiger partial charge in [0.15, 0.2) is 0 Å². The third kappa shape index (κ3) is 6.32. The van der Waals surface area contributed by atoms with Gasteiger partial charge in [0.1, 0.15) is 0 Å². The summed E-state index contributed by atoms with van der Waals surface area (Å²) in [5.74, 6) is 1.03. The largest absolute Gasteiger partial charge is 0.386 e.